The van der Waals surface area contributed by atoms with Crippen LogP contribution in [-0.2, 0) is 4.79 Å². The molecule has 0 saturated carbocycles. The molecule has 0 aliphatic heterocycles. The maximum Gasteiger partial charge on any atom is 0.220 e. The van der Waals surface area contributed by atoms with Crippen molar-refractivity contribution >= 4 is 5.91 Å². The van der Waals surface area contributed by atoms with Gasteiger partial charge in [-0.05, 0) is 20.3 Å². The first-order chi connectivity index (χ1) is 7.02. The summed E-state index contributed by atoms with van der Waals surface area (Å²) in [5, 5.41) is 2.97. The molecule has 0 rings (SSSR count). The summed E-state index contributed by atoms with van der Waals surface area (Å²) in [4.78, 5) is 11.0. The third kappa shape index (κ3) is 16.2. The molecule has 0 saturated heterocycles. The molecule has 0 unspecified atom stereocenters. The number of hydrogen-bond acceptors (Lipinski definition) is 1. The zero-order valence-corrected chi connectivity index (χ0v) is 12.0. The van der Waals surface area contributed by atoms with E-state index in [1.165, 1.54) is 0 Å². The van der Waals surface area contributed by atoms with Crippen LogP contribution >= 0.6 is 0 Å². The molecular weight excluding hydrogens is 186 g/mol. The molecule has 15 heavy (non-hydrogen) atoms. The molecule has 0 aromatic heterocycles. The highest BCUT2D eigenvalue weighted by Gasteiger charge is 2.17. The van der Waals surface area contributed by atoms with Gasteiger partial charge in [0.1, 0.15) is 0 Å². The Labute approximate surface area is 96.8 Å². The summed E-state index contributed by atoms with van der Waals surface area (Å²) >= 11 is 0. The van der Waals surface area contributed by atoms with Crippen LogP contribution in [0.25, 0.3) is 0 Å². The molecule has 2 nitrogen and oxygen atoms in total. The summed E-state index contributed by atoms with van der Waals surface area (Å²) in [6.07, 6.45) is 2.73. The summed E-state index contributed by atoms with van der Waals surface area (Å²) in [6, 6.07) is 0. The van der Waals surface area contributed by atoms with Gasteiger partial charge in [0.05, 0.1) is 0 Å². The van der Waals surface area contributed by atoms with Gasteiger partial charge < -0.3 is 5.32 Å². The van der Waals surface area contributed by atoms with E-state index in [0.29, 0.717) is 6.42 Å². The standard InChI is InChI=1S/C9H19NO.2C2H6/c1-5-7-9(3,4)10-8(11)6-2;2*1-2/h5-7H2,1-4H3,(H,10,11);2*1-2H3. The van der Waals surface area contributed by atoms with Gasteiger partial charge in [-0.25, -0.2) is 0 Å². The van der Waals surface area contributed by atoms with Crippen LogP contribution in [0.15, 0.2) is 0 Å². The topological polar surface area (TPSA) is 29.1 Å². The Morgan fingerprint density at radius 2 is 1.47 bits per heavy atom. The highest BCUT2D eigenvalue weighted by Crippen LogP contribution is 2.10. The lowest BCUT2D eigenvalue weighted by Crippen LogP contribution is -2.42. The van der Waals surface area contributed by atoms with E-state index >= 15 is 0 Å². The van der Waals surface area contributed by atoms with Crippen LogP contribution in [0.2, 0.25) is 0 Å². The zero-order valence-electron chi connectivity index (χ0n) is 12.0. The lowest BCUT2D eigenvalue weighted by atomic mass is 9.99. The zero-order chi connectivity index (χ0) is 12.9. The molecule has 0 aromatic rings. The second kappa shape index (κ2) is 13.5. The van der Waals surface area contributed by atoms with E-state index in [2.05, 4.69) is 26.1 Å². The number of carbonyl (C=O) groups excluding carboxylic acids is 1. The van der Waals surface area contributed by atoms with Crippen molar-refractivity contribution in [3.63, 3.8) is 0 Å². The van der Waals surface area contributed by atoms with Crippen LogP contribution in [0.3, 0.4) is 0 Å². The van der Waals surface area contributed by atoms with E-state index in [4.69, 9.17) is 0 Å². The normalized spacial score (nSPS) is 9.07. The molecule has 0 aromatic carbocycles. The molecule has 0 bridgehead atoms. The van der Waals surface area contributed by atoms with Gasteiger partial charge in [0, 0.05) is 12.0 Å². The first-order valence-electron chi connectivity index (χ1n) is 6.33. The average molecular weight is 217 g/mol. The third-order valence-electron chi connectivity index (χ3n) is 1.67. The Bertz CT molecular complexity index is 130. The molecule has 1 amide bonds. The SMILES string of the molecule is CC.CC.CCCC(C)(C)NC(=O)CC. The monoisotopic (exact) mass is 217 g/mol. The Balaban J connectivity index is -0.000000318. The maximum absolute atomic E-state index is 11.0. The Hall–Kier alpha value is -0.530. The van der Waals surface area contributed by atoms with E-state index in [1.54, 1.807) is 0 Å². The molecule has 0 fully saturated rings. The average Bonchev–Trinajstić information content (AvgIpc) is 2.23. The predicted octanol–water partition coefficient (Wildman–Crippen LogP) is 4.14. The van der Waals surface area contributed by atoms with Gasteiger partial charge in [0.25, 0.3) is 0 Å². The van der Waals surface area contributed by atoms with Gasteiger partial charge in [0.2, 0.25) is 5.91 Å². The number of rotatable bonds is 4. The van der Waals surface area contributed by atoms with E-state index in [0.717, 1.165) is 12.8 Å². The summed E-state index contributed by atoms with van der Waals surface area (Å²) < 4.78 is 0. The van der Waals surface area contributed by atoms with E-state index in [-0.39, 0.29) is 11.4 Å². The summed E-state index contributed by atoms with van der Waals surface area (Å²) in [5.41, 5.74) is -0.0259. The lowest BCUT2D eigenvalue weighted by molar-refractivity contribution is -0.122. The second-order valence-corrected chi connectivity index (χ2v) is 3.54. The largest absolute Gasteiger partial charge is 0.351 e. The summed E-state index contributed by atoms with van der Waals surface area (Å²) in [6.45, 7) is 16.1. The van der Waals surface area contributed by atoms with Crippen LogP contribution in [0.5, 0.6) is 0 Å². The van der Waals surface area contributed by atoms with Crippen molar-refractivity contribution in [2.75, 3.05) is 0 Å². The molecule has 0 spiro atoms. The molecule has 0 heterocycles. The van der Waals surface area contributed by atoms with Crippen LogP contribution in [0, 0.1) is 0 Å². The van der Waals surface area contributed by atoms with Gasteiger partial charge in [-0.2, -0.15) is 0 Å². The Kier molecular flexibility index (Phi) is 17.9. The molecular formula is C13H31NO. The molecule has 94 valence electrons. The molecule has 0 aliphatic carbocycles. The van der Waals surface area contributed by atoms with Crippen LogP contribution < -0.4 is 5.32 Å². The van der Waals surface area contributed by atoms with Crippen molar-refractivity contribution in [1.82, 2.24) is 5.32 Å². The lowest BCUT2D eigenvalue weighted by Gasteiger charge is -2.25. The van der Waals surface area contributed by atoms with Crippen molar-refractivity contribution in [1.29, 1.82) is 0 Å². The van der Waals surface area contributed by atoms with E-state index in [9.17, 15) is 4.79 Å². The van der Waals surface area contributed by atoms with Gasteiger partial charge in [-0.1, -0.05) is 48.0 Å². The predicted molar refractivity (Wildman–Crippen MR) is 70.1 cm³/mol. The minimum atomic E-state index is -0.0259. The van der Waals surface area contributed by atoms with Crippen molar-refractivity contribution in [2.45, 2.75) is 80.2 Å². The molecule has 2 heteroatoms. The first-order valence-corrected chi connectivity index (χ1v) is 6.33. The number of hydrogen-bond donors (Lipinski definition) is 1. The maximum atomic E-state index is 11.0. The van der Waals surface area contributed by atoms with Crippen molar-refractivity contribution < 1.29 is 4.79 Å². The Morgan fingerprint density at radius 1 is 1.07 bits per heavy atom. The highest BCUT2D eigenvalue weighted by atomic mass is 16.1. The fourth-order valence-corrected chi connectivity index (χ4v) is 1.15. The van der Waals surface area contributed by atoms with Crippen LogP contribution in [-0.4, -0.2) is 11.4 Å². The molecule has 0 atom stereocenters. The van der Waals surface area contributed by atoms with E-state index in [1.807, 2.05) is 34.6 Å². The van der Waals surface area contributed by atoms with Crippen LogP contribution in [0.4, 0.5) is 0 Å². The van der Waals surface area contributed by atoms with Gasteiger partial charge in [-0.15, -0.1) is 0 Å². The van der Waals surface area contributed by atoms with Gasteiger partial charge in [0.15, 0.2) is 0 Å². The van der Waals surface area contributed by atoms with Crippen molar-refractivity contribution in [3.05, 3.63) is 0 Å². The minimum Gasteiger partial charge on any atom is -0.351 e. The molecule has 0 radical (unpaired) electrons. The molecule has 0 aliphatic rings. The minimum absolute atomic E-state index is 0.0259. The fraction of sp³-hybridized carbons (Fsp3) is 0.923. The number of amides is 1. The third-order valence-corrected chi connectivity index (χ3v) is 1.67. The van der Waals surface area contributed by atoms with Crippen molar-refractivity contribution in [3.8, 4) is 0 Å². The van der Waals surface area contributed by atoms with Gasteiger partial charge in [-0.3, -0.25) is 4.79 Å². The highest BCUT2D eigenvalue weighted by molar-refractivity contribution is 5.76. The van der Waals surface area contributed by atoms with E-state index < -0.39 is 0 Å². The second-order valence-electron chi connectivity index (χ2n) is 3.54. The first kappa shape index (κ1) is 20.0. The Morgan fingerprint density at radius 3 is 1.73 bits per heavy atom. The number of nitrogens with one attached hydrogen (secondary N) is 1. The quantitative estimate of drug-likeness (QED) is 0.753. The summed E-state index contributed by atoms with van der Waals surface area (Å²) in [5.74, 6) is 0.142. The smallest absolute Gasteiger partial charge is 0.220 e. The fourth-order valence-electron chi connectivity index (χ4n) is 1.15. The summed E-state index contributed by atoms with van der Waals surface area (Å²) in [7, 11) is 0. The van der Waals surface area contributed by atoms with Gasteiger partial charge >= 0.3 is 0 Å². The van der Waals surface area contributed by atoms with Crippen molar-refractivity contribution in [2.24, 2.45) is 0 Å². The number of carbonyl (C=O) groups is 1. The molecule has 1 N–H and O–H groups in total. The van der Waals surface area contributed by atoms with Crippen LogP contribution in [0.1, 0.15) is 74.7 Å².